The molecule has 0 spiro atoms. The third kappa shape index (κ3) is 4.90. The summed E-state index contributed by atoms with van der Waals surface area (Å²) in [6.07, 6.45) is -9.08. The lowest BCUT2D eigenvalue weighted by Crippen LogP contribution is -2.70. The monoisotopic (exact) mass is 510 g/mol. The summed E-state index contributed by atoms with van der Waals surface area (Å²) in [5, 5.41) is 10.3. The van der Waals surface area contributed by atoms with Gasteiger partial charge in [-0.05, 0) is 30.9 Å². The molecule has 1 nitrogen and oxygen atoms in total. The first-order valence-electron chi connectivity index (χ1n) is 9.28. The van der Waals surface area contributed by atoms with Crippen molar-refractivity contribution >= 4 is 0 Å². The summed E-state index contributed by atoms with van der Waals surface area (Å²) < 4.78 is 173. The van der Waals surface area contributed by atoms with E-state index in [1.807, 2.05) is 0 Å². The molecule has 0 radical (unpaired) electrons. The molecule has 0 fully saturated rings. The van der Waals surface area contributed by atoms with Crippen molar-refractivity contribution in [1.82, 2.24) is 0 Å². The van der Waals surface area contributed by atoms with Gasteiger partial charge in [-0.1, -0.05) is 37.6 Å². The van der Waals surface area contributed by atoms with Crippen molar-refractivity contribution in [3.8, 4) is 0 Å². The van der Waals surface area contributed by atoms with Gasteiger partial charge < -0.3 is 5.11 Å². The molecule has 0 aliphatic carbocycles. The Morgan fingerprint density at radius 2 is 1.15 bits per heavy atom. The summed E-state index contributed by atoms with van der Waals surface area (Å²) in [4.78, 5) is 0. The number of rotatable bonds is 10. The minimum Gasteiger partial charge on any atom is -0.385 e. The highest BCUT2D eigenvalue weighted by Gasteiger charge is 2.90. The highest BCUT2D eigenvalue weighted by Crippen LogP contribution is 2.61. The van der Waals surface area contributed by atoms with Crippen molar-refractivity contribution in [2.75, 3.05) is 0 Å². The summed E-state index contributed by atoms with van der Waals surface area (Å²) in [6.45, 7) is 2.18. The van der Waals surface area contributed by atoms with Gasteiger partial charge >= 0.3 is 35.8 Å². The van der Waals surface area contributed by atoms with Crippen molar-refractivity contribution in [2.45, 2.75) is 80.9 Å². The maximum Gasteiger partial charge on any atom is 0.460 e. The first kappa shape index (κ1) is 29.3. The number of hydrogen-bond donors (Lipinski definition) is 1. The fraction of sp³-hybridized carbons (Fsp3) is 0.684. The molecule has 0 amide bonds. The van der Waals surface area contributed by atoms with Gasteiger partial charge in [0.05, 0.1) is 12.0 Å². The van der Waals surface area contributed by atoms with Crippen LogP contribution in [0.3, 0.4) is 0 Å². The quantitative estimate of drug-likeness (QED) is 0.326. The minimum absolute atomic E-state index is 0.108. The predicted octanol–water partition coefficient (Wildman–Crippen LogP) is 7.37. The number of alkyl halides is 13. The van der Waals surface area contributed by atoms with E-state index < -0.39 is 53.4 Å². The van der Waals surface area contributed by atoms with Crippen LogP contribution in [0, 0.1) is 0 Å². The Labute approximate surface area is 179 Å². The maximum absolute atomic E-state index is 14.2. The highest BCUT2D eigenvalue weighted by atomic mass is 19.4. The second kappa shape index (κ2) is 8.81. The van der Waals surface area contributed by atoms with E-state index in [-0.39, 0.29) is 12.0 Å². The lowest BCUT2D eigenvalue weighted by Gasteiger charge is -2.41. The fourth-order valence-electron chi connectivity index (χ4n) is 3.07. The zero-order chi connectivity index (χ0) is 26.3. The van der Waals surface area contributed by atoms with Gasteiger partial charge in [-0.3, -0.25) is 0 Å². The smallest absolute Gasteiger partial charge is 0.385 e. The van der Waals surface area contributed by atoms with Gasteiger partial charge in [-0.25, -0.2) is 0 Å². The van der Waals surface area contributed by atoms with E-state index in [1.54, 1.807) is 6.92 Å². The van der Waals surface area contributed by atoms with Crippen LogP contribution >= 0.6 is 0 Å². The van der Waals surface area contributed by atoms with Gasteiger partial charge in [-0.2, -0.15) is 57.1 Å². The predicted molar refractivity (Wildman–Crippen MR) is 90.0 cm³/mol. The van der Waals surface area contributed by atoms with Crippen LogP contribution in [0.25, 0.3) is 0 Å². The number of benzene rings is 1. The Morgan fingerprint density at radius 1 is 0.697 bits per heavy atom. The number of aryl methyl sites for hydroxylation is 1. The molecule has 0 aliphatic heterocycles. The topological polar surface area (TPSA) is 20.2 Å². The highest BCUT2D eigenvalue weighted by molar-refractivity contribution is 5.32. The molecule has 14 heteroatoms. The Hall–Kier alpha value is -1.73. The maximum atomic E-state index is 14.2. The summed E-state index contributed by atoms with van der Waals surface area (Å²) in [6, 6.07) is 4.76. The number of aliphatic hydroxyl groups is 1. The van der Waals surface area contributed by atoms with Crippen LogP contribution < -0.4 is 0 Å². The average molecular weight is 510 g/mol. The third-order valence-electron chi connectivity index (χ3n) is 4.96. The zero-order valence-corrected chi connectivity index (χ0v) is 17.0. The molecule has 1 unspecified atom stereocenters. The number of halogens is 13. The number of hydrogen-bond acceptors (Lipinski definition) is 1. The van der Waals surface area contributed by atoms with Crippen molar-refractivity contribution < 1.29 is 62.2 Å². The Balaban J connectivity index is 3.47. The van der Waals surface area contributed by atoms with E-state index in [9.17, 15) is 62.2 Å². The molecule has 0 saturated heterocycles. The molecule has 33 heavy (non-hydrogen) atoms. The normalized spacial score (nSPS) is 16.6. The largest absolute Gasteiger partial charge is 0.460 e. The van der Waals surface area contributed by atoms with Gasteiger partial charge in [0.15, 0.2) is 0 Å². The van der Waals surface area contributed by atoms with Gasteiger partial charge in [0.1, 0.15) is 0 Å². The van der Waals surface area contributed by atoms with Crippen molar-refractivity contribution in [3.05, 3.63) is 35.4 Å². The van der Waals surface area contributed by atoms with Crippen LogP contribution in [-0.2, 0) is 12.0 Å². The molecule has 0 saturated carbocycles. The summed E-state index contributed by atoms with van der Waals surface area (Å²) in [5.41, 5.74) is -3.44. The molecular formula is C19H19F13O. The molecular weight excluding hydrogens is 491 g/mol. The first-order chi connectivity index (χ1) is 14.5. The van der Waals surface area contributed by atoms with Gasteiger partial charge in [0, 0.05) is 0 Å². The Kier molecular flexibility index (Phi) is 7.82. The molecule has 1 rings (SSSR count). The SMILES string of the molecule is CCCCc1ccccc1C(C)(O)CC(F)(F)C(F)(F)C(F)(F)C(F)(F)C(F)(F)C(F)(F)F. The summed E-state index contributed by atoms with van der Waals surface area (Å²) >= 11 is 0. The fourth-order valence-corrected chi connectivity index (χ4v) is 3.07. The molecule has 0 bridgehead atoms. The molecule has 192 valence electrons. The first-order valence-corrected chi connectivity index (χ1v) is 9.28. The van der Waals surface area contributed by atoms with Crippen molar-refractivity contribution in [3.63, 3.8) is 0 Å². The van der Waals surface area contributed by atoms with Crippen LogP contribution in [0.4, 0.5) is 57.1 Å². The molecule has 1 aromatic rings. The molecule has 0 heterocycles. The second-order valence-electron chi connectivity index (χ2n) is 7.71. The van der Waals surface area contributed by atoms with E-state index in [4.69, 9.17) is 0 Å². The lowest BCUT2D eigenvalue weighted by atomic mass is 9.82. The van der Waals surface area contributed by atoms with E-state index in [1.165, 1.54) is 12.1 Å². The van der Waals surface area contributed by atoms with Crippen LogP contribution in [0.2, 0.25) is 0 Å². The third-order valence-corrected chi connectivity index (χ3v) is 4.96. The van der Waals surface area contributed by atoms with E-state index in [0.717, 1.165) is 12.1 Å². The van der Waals surface area contributed by atoms with Crippen LogP contribution in [0.15, 0.2) is 24.3 Å². The zero-order valence-electron chi connectivity index (χ0n) is 17.0. The Bertz CT molecular complexity index is 812. The van der Waals surface area contributed by atoms with Crippen LogP contribution in [-0.4, -0.2) is 40.9 Å². The van der Waals surface area contributed by atoms with E-state index >= 15 is 0 Å². The Morgan fingerprint density at radius 3 is 1.61 bits per heavy atom. The average Bonchev–Trinajstić information content (AvgIpc) is 2.64. The second-order valence-corrected chi connectivity index (χ2v) is 7.71. The lowest BCUT2D eigenvalue weighted by molar-refractivity contribution is -0.441. The molecule has 1 atom stereocenters. The van der Waals surface area contributed by atoms with Gasteiger partial charge in [0.2, 0.25) is 0 Å². The molecule has 1 aromatic carbocycles. The van der Waals surface area contributed by atoms with Gasteiger partial charge in [-0.15, -0.1) is 0 Å². The van der Waals surface area contributed by atoms with Crippen LogP contribution in [0.5, 0.6) is 0 Å². The molecule has 1 N–H and O–H groups in total. The summed E-state index contributed by atoms with van der Waals surface area (Å²) in [5.74, 6) is -37.4. The standard InChI is InChI=1S/C19H19F13O/c1-3-4-7-11-8-5-6-9-12(11)13(2,33)10-14(20,21)15(22,23)16(24,25)17(26,27)18(28,29)19(30,31)32/h5-6,8-9,33H,3-4,7,10H2,1-2H3. The van der Waals surface area contributed by atoms with Crippen molar-refractivity contribution in [2.24, 2.45) is 0 Å². The summed E-state index contributed by atoms with van der Waals surface area (Å²) in [7, 11) is 0. The van der Waals surface area contributed by atoms with E-state index in [0.29, 0.717) is 19.8 Å². The molecule has 0 aromatic heterocycles. The van der Waals surface area contributed by atoms with E-state index in [2.05, 4.69) is 0 Å². The number of unbranched alkanes of at least 4 members (excludes halogenated alkanes) is 1. The van der Waals surface area contributed by atoms with Crippen LogP contribution in [0.1, 0.15) is 44.2 Å². The van der Waals surface area contributed by atoms with Crippen molar-refractivity contribution in [1.29, 1.82) is 0 Å². The molecule has 0 aliphatic rings. The minimum atomic E-state index is -7.96. The van der Waals surface area contributed by atoms with Gasteiger partial charge in [0.25, 0.3) is 0 Å².